The number of methoxy groups -OCH3 is 1. The number of benzene rings is 2. The van der Waals surface area contributed by atoms with Crippen LogP contribution in [0.4, 0.5) is 0 Å². The minimum absolute atomic E-state index is 0.0891. The van der Waals surface area contributed by atoms with Crippen LogP contribution < -0.4 is 21.3 Å². The van der Waals surface area contributed by atoms with Crippen molar-refractivity contribution < 1.29 is 9.53 Å². The van der Waals surface area contributed by atoms with Gasteiger partial charge in [-0.15, -0.1) is 0 Å². The van der Waals surface area contributed by atoms with Crippen LogP contribution in [-0.2, 0) is 20.1 Å². The Balaban J connectivity index is 1.72. The number of nitrogens with one attached hydrogen (secondary N) is 1. The molecule has 2 aromatic heterocycles. The topological polar surface area (TPSA) is 95.2 Å². The van der Waals surface area contributed by atoms with Crippen molar-refractivity contribution in [2.75, 3.05) is 7.11 Å². The molecule has 0 saturated carbocycles. The molecule has 0 saturated heterocycles. The van der Waals surface area contributed by atoms with Crippen molar-refractivity contribution in [3.8, 4) is 5.75 Å². The molecule has 32 heavy (non-hydrogen) atoms. The van der Waals surface area contributed by atoms with Crippen molar-refractivity contribution in [3.63, 3.8) is 0 Å². The fraction of sp³-hybridized carbons (Fsp3) is 0.167. The van der Waals surface area contributed by atoms with E-state index in [2.05, 4.69) is 10.3 Å². The summed E-state index contributed by atoms with van der Waals surface area (Å²) in [5.41, 5.74) is 1.33. The molecule has 8 nitrogen and oxygen atoms in total. The zero-order chi connectivity index (χ0) is 22.7. The second-order valence-corrected chi connectivity index (χ2v) is 7.32. The number of carbonyl (C=O) groups excluding carboxylic acids is 1. The maximum absolute atomic E-state index is 13.3. The summed E-state index contributed by atoms with van der Waals surface area (Å²) in [5, 5.41) is 3.06. The van der Waals surface area contributed by atoms with Crippen molar-refractivity contribution in [3.05, 3.63) is 105 Å². The third-order valence-electron chi connectivity index (χ3n) is 5.33. The van der Waals surface area contributed by atoms with E-state index < -0.39 is 17.2 Å². The normalized spacial score (nSPS) is 10.8. The van der Waals surface area contributed by atoms with Crippen molar-refractivity contribution >= 4 is 16.8 Å². The summed E-state index contributed by atoms with van der Waals surface area (Å²) < 4.78 is 7.67. The third-order valence-corrected chi connectivity index (χ3v) is 5.33. The average Bonchev–Trinajstić information content (AvgIpc) is 2.84. The van der Waals surface area contributed by atoms with Gasteiger partial charge in [0, 0.05) is 26.0 Å². The molecule has 0 unspecified atom stereocenters. The predicted molar refractivity (Wildman–Crippen MR) is 121 cm³/mol. The van der Waals surface area contributed by atoms with Crippen molar-refractivity contribution in [2.45, 2.75) is 13.1 Å². The molecular formula is C24H22N4O4. The number of hydrogen-bond acceptors (Lipinski definition) is 5. The predicted octanol–water partition coefficient (Wildman–Crippen LogP) is 2.08. The monoisotopic (exact) mass is 430 g/mol. The molecule has 4 rings (SSSR count). The Bertz CT molecular complexity index is 1390. The second kappa shape index (κ2) is 8.89. The molecular weight excluding hydrogens is 408 g/mol. The Labute approximate surface area is 183 Å². The van der Waals surface area contributed by atoms with E-state index in [9.17, 15) is 14.4 Å². The first-order valence-electron chi connectivity index (χ1n) is 10.0. The van der Waals surface area contributed by atoms with Gasteiger partial charge in [0.15, 0.2) is 0 Å². The lowest BCUT2D eigenvalue weighted by Crippen LogP contribution is -2.40. The van der Waals surface area contributed by atoms with Crippen LogP contribution in [0.2, 0.25) is 0 Å². The van der Waals surface area contributed by atoms with Gasteiger partial charge in [-0.05, 0) is 47.5 Å². The molecule has 0 radical (unpaired) electrons. The molecule has 0 aliphatic carbocycles. The standard InChI is InChI=1S/C24H22N4O4/c1-27-20-5-3-4-19(22(29)26-14-16-6-8-18(32-2)9-7-16)21(20)23(30)28(24(27)31)15-17-10-12-25-13-11-17/h3-13H,14-15H2,1-2H3,(H,26,29). The van der Waals surface area contributed by atoms with Crippen LogP contribution in [0, 0.1) is 0 Å². The van der Waals surface area contributed by atoms with E-state index in [1.807, 2.05) is 24.3 Å². The molecule has 0 spiro atoms. The minimum Gasteiger partial charge on any atom is -0.497 e. The number of amides is 1. The highest BCUT2D eigenvalue weighted by Gasteiger charge is 2.18. The van der Waals surface area contributed by atoms with Crippen LogP contribution in [0.3, 0.4) is 0 Å². The number of fused-ring (bicyclic) bond motifs is 1. The van der Waals surface area contributed by atoms with Gasteiger partial charge < -0.3 is 10.1 Å². The maximum Gasteiger partial charge on any atom is 0.331 e. The molecule has 4 aromatic rings. The number of rotatable bonds is 6. The van der Waals surface area contributed by atoms with Gasteiger partial charge in [-0.1, -0.05) is 18.2 Å². The molecule has 8 heteroatoms. The first kappa shape index (κ1) is 21.0. The first-order chi connectivity index (χ1) is 15.5. The lowest BCUT2D eigenvalue weighted by Gasteiger charge is -2.13. The van der Waals surface area contributed by atoms with Gasteiger partial charge in [-0.25, -0.2) is 4.79 Å². The van der Waals surface area contributed by atoms with Crippen LogP contribution in [0.25, 0.3) is 10.9 Å². The Morgan fingerprint density at radius 2 is 1.72 bits per heavy atom. The zero-order valence-electron chi connectivity index (χ0n) is 17.7. The quantitative estimate of drug-likeness (QED) is 0.505. The number of aromatic nitrogens is 3. The Morgan fingerprint density at radius 3 is 2.41 bits per heavy atom. The summed E-state index contributed by atoms with van der Waals surface area (Å²) in [6.45, 7) is 0.377. The van der Waals surface area contributed by atoms with Gasteiger partial charge >= 0.3 is 5.69 Å². The lowest BCUT2D eigenvalue weighted by atomic mass is 10.1. The van der Waals surface area contributed by atoms with Crippen molar-refractivity contribution in [1.29, 1.82) is 0 Å². The Morgan fingerprint density at radius 1 is 1.00 bits per heavy atom. The van der Waals surface area contributed by atoms with Crippen molar-refractivity contribution in [1.82, 2.24) is 19.4 Å². The summed E-state index contributed by atoms with van der Waals surface area (Å²) in [6, 6.07) is 15.7. The highest BCUT2D eigenvalue weighted by molar-refractivity contribution is 6.05. The van der Waals surface area contributed by atoms with E-state index in [-0.39, 0.29) is 24.0 Å². The fourth-order valence-electron chi connectivity index (χ4n) is 3.57. The van der Waals surface area contributed by atoms with E-state index in [0.29, 0.717) is 5.52 Å². The molecule has 1 amide bonds. The summed E-state index contributed by atoms with van der Waals surface area (Å²) in [6.07, 6.45) is 3.20. The largest absolute Gasteiger partial charge is 0.497 e. The van der Waals surface area contributed by atoms with Gasteiger partial charge in [0.2, 0.25) is 0 Å². The zero-order valence-corrected chi connectivity index (χ0v) is 17.7. The number of hydrogen-bond donors (Lipinski definition) is 1. The van der Waals surface area contributed by atoms with Crippen LogP contribution in [0.15, 0.2) is 76.6 Å². The molecule has 2 heterocycles. The highest BCUT2D eigenvalue weighted by atomic mass is 16.5. The van der Waals surface area contributed by atoms with Gasteiger partial charge in [0.05, 0.1) is 30.1 Å². The Hall–Kier alpha value is -4.20. The molecule has 0 aliphatic heterocycles. The average molecular weight is 430 g/mol. The van der Waals surface area contributed by atoms with E-state index in [4.69, 9.17) is 4.74 Å². The third kappa shape index (κ3) is 4.02. The smallest absolute Gasteiger partial charge is 0.331 e. The molecule has 162 valence electrons. The summed E-state index contributed by atoms with van der Waals surface area (Å²) in [7, 11) is 3.18. The molecule has 0 fully saturated rings. The number of ether oxygens (including phenoxy) is 1. The van der Waals surface area contributed by atoms with E-state index in [1.54, 1.807) is 56.9 Å². The molecule has 2 aromatic carbocycles. The van der Waals surface area contributed by atoms with Gasteiger partial charge in [0.1, 0.15) is 5.75 Å². The molecule has 0 bridgehead atoms. The Kier molecular flexibility index (Phi) is 5.85. The summed E-state index contributed by atoms with van der Waals surface area (Å²) >= 11 is 0. The van der Waals surface area contributed by atoms with E-state index in [1.165, 1.54) is 4.57 Å². The number of carbonyl (C=O) groups is 1. The fourth-order valence-corrected chi connectivity index (χ4v) is 3.57. The molecule has 0 aliphatic rings. The number of pyridine rings is 1. The minimum atomic E-state index is -0.505. The van der Waals surface area contributed by atoms with Crippen LogP contribution in [0.1, 0.15) is 21.5 Å². The van der Waals surface area contributed by atoms with E-state index >= 15 is 0 Å². The van der Waals surface area contributed by atoms with Gasteiger partial charge in [-0.3, -0.25) is 23.7 Å². The van der Waals surface area contributed by atoms with Crippen LogP contribution >= 0.6 is 0 Å². The number of nitrogens with zero attached hydrogens (tertiary/aromatic N) is 3. The molecule has 0 atom stereocenters. The van der Waals surface area contributed by atoms with Crippen LogP contribution in [0.5, 0.6) is 5.75 Å². The lowest BCUT2D eigenvalue weighted by molar-refractivity contribution is 0.0952. The van der Waals surface area contributed by atoms with Crippen LogP contribution in [-0.4, -0.2) is 27.1 Å². The van der Waals surface area contributed by atoms with Gasteiger partial charge in [-0.2, -0.15) is 0 Å². The maximum atomic E-state index is 13.3. The highest BCUT2D eigenvalue weighted by Crippen LogP contribution is 2.15. The molecule has 1 N–H and O–H groups in total. The second-order valence-electron chi connectivity index (χ2n) is 7.32. The SMILES string of the molecule is COc1ccc(CNC(=O)c2cccc3c2c(=O)n(Cc2ccncc2)c(=O)n3C)cc1. The summed E-state index contributed by atoms with van der Waals surface area (Å²) in [4.78, 5) is 43.1. The number of aryl methyl sites for hydroxylation is 1. The first-order valence-corrected chi connectivity index (χ1v) is 10.0. The summed E-state index contributed by atoms with van der Waals surface area (Å²) in [5.74, 6) is 0.336. The van der Waals surface area contributed by atoms with Crippen molar-refractivity contribution in [2.24, 2.45) is 7.05 Å². The van der Waals surface area contributed by atoms with Gasteiger partial charge in [0.25, 0.3) is 11.5 Å². The van der Waals surface area contributed by atoms with E-state index in [0.717, 1.165) is 21.4 Å².